The van der Waals surface area contributed by atoms with Crippen LogP contribution in [0.1, 0.15) is 38.5 Å². The molecule has 0 bridgehead atoms. The first-order chi connectivity index (χ1) is 7.16. The lowest BCUT2D eigenvalue weighted by atomic mass is 10.3. The Kier molecular flexibility index (Phi) is 4.11. The first-order valence-electron chi connectivity index (χ1n) is 5.19. The second-order valence-electron chi connectivity index (χ2n) is 3.17. The number of rotatable bonds is 1. The predicted octanol–water partition coefficient (Wildman–Crippen LogP) is 1.40. The lowest BCUT2D eigenvalue weighted by molar-refractivity contribution is -0.131. The second-order valence-corrected chi connectivity index (χ2v) is 3.17. The molecular formula is C10H17NO4. The van der Waals surface area contributed by atoms with Crippen LogP contribution >= 0.6 is 0 Å². The highest BCUT2D eigenvalue weighted by Gasteiger charge is 2.26. The van der Waals surface area contributed by atoms with Crippen molar-refractivity contribution in [1.29, 1.82) is 0 Å². The van der Waals surface area contributed by atoms with Crippen molar-refractivity contribution in [2.24, 2.45) is 0 Å². The average Bonchev–Trinajstić information content (AvgIpc) is 2.78. The average molecular weight is 215 g/mol. The standard InChI is InChI=1S/C8H11NO4.C2H6/c1-5-4-9(13-8(5)11)6-2-3-7(10)12-6;1-2/h4,6-7,10H,2-3H2,1H3;1-2H3/t6-,7+;/m1./s1. The van der Waals surface area contributed by atoms with E-state index in [2.05, 4.69) is 0 Å². The van der Waals surface area contributed by atoms with Crippen LogP contribution in [0.3, 0.4) is 0 Å². The highest BCUT2D eigenvalue weighted by atomic mass is 16.7. The van der Waals surface area contributed by atoms with Gasteiger partial charge in [-0.25, -0.2) is 4.79 Å². The van der Waals surface area contributed by atoms with Crippen LogP contribution < -0.4 is 5.63 Å². The third kappa shape index (κ3) is 2.70. The van der Waals surface area contributed by atoms with Crippen molar-refractivity contribution in [2.75, 3.05) is 0 Å². The monoisotopic (exact) mass is 215 g/mol. The molecule has 1 aromatic heterocycles. The number of aryl methyl sites for hydroxylation is 1. The van der Waals surface area contributed by atoms with Gasteiger partial charge in [0.05, 0.1) is 11.8 Å². The molecule has 1 N–H and O–H groups in total. The van der Waals surface area contributed by atoms with Crippen LogP contribution in [0.5, 0.6) is 0 Å². The highest BCUT2D eigenvalue weighted by Crippen LogP contribution is 2.26. The van der Waals surface area contributed by atoms with E-state index in [9.17, 15) is 4.79 Å². The first kappa shape index (κ1) is 12.0. The maximum Gasteiger partial charge on any atom is 0.360 e. The molecule has 2 atom stereocenters. The summed E-state index contributed by atoms with van der Waals surface area (Å²) in [7, 11) is 0. The minimum absolute atomic E-state index is 0.337. The van der Waals surface area contributed by atoms with Crippen LogP contribution in [-0.4, -0.2) is 16.1 Å². The topological polar surface area (TPSA) is 64.6 Å². The van der Waals surface area contributed by atoms with Gasteiger partial charge < -0.3 is 14.4 Å². The van der Waals surface area contributed by atoms with Gasteiger partial charge in [-0.2, -0.15) is 4.74 Å². The quantitative estimate of drug-likeness (QED) is 0.769. The van der Waals surface area contributed by atoms with Crippen molar-refractivity contribution in [3.63, 3.8) is 0 Å². The molecule has 2 rings (SSSR count). The van der Waals surface area contributed by atoms with Crippen molar-refractivity contribution >= 4 is 0 Å². The predicted molar refractivity (Wildman–Crippen MR) is 54.4 cm³/mol. The van der Waals surface area contributed by atoms with Gasteiger partial charge >= 0.3 is 5.63 Å². The molecule has 1 saturated heterocycles. The van der Waals surface area contributed by atoms with Gasteiger partial charge in [0.1, 0.15) is 0 Å². The van der Waals surface area contributed by atoms with E-state index >= 15 is 0 Å². The summed E-state index contributed by atoms with van der Waals surface area (Å²) in [5.41, 5.74) is 0.190. The summed E-state index contributed by atoms with van der Waals surface area (Å²) in [6.07, 6.45) is 1.75. The molecular weight excluding hydrogens is 198 g/mol. The number of nitrogens with zero attached hydrogens (tertiary/aromatic N) is 1. The van der Waals surface area contributed by atoms with Crippen molar-refractivity contribution < 1.29 is 14.4 Å². The molecule has 5 nitrogen and oxygen atoms in total. The lowest BCUT2D eigenvalue weighted by Crippen LogP contribution is -2.09. The molecule has 5 heteroatoms. The Morgan fingerprint density at radius 2 is 2.13 bits per heavy atom. The molecule has 1 aliphatic heterocycles. The van der Waals surface area contributed by atoms with Crippen molar-refractivity contribution in [1.82, 2.24) is 4.74 Å². The minimum Gasteiger partial charge on any atom is -0.368 e. The molecule has 1 aliphatic rings. The second kappa shape index (κ2) is 5.14. The molecule has 1 aromatic rings. The van der Waals surface area contributed by atoms with E-state index in [-0.39, 0.29) is 11.9 Å². The molecule has 0 radical (unpaired) electrons. The maximum absolute atomic E-state index is 11.0. The summed E-state index contributed by atoms with van der Waals surface area (Å²) in [5, 5.41) is 9.08. The van der Waals surface area contributed by atoms with Crippen LogP contribution in [0, 0.1) is 6.92 Å². The van der Waals surface area contributed by atoms with Crippen LogP contribution in [-0.2, 0) is 4.74 Å². The lowest BCUT2D eigenvalue weighted by Gasteiger charge is -2.08. The fourth-order valence-electron chi connectivity index (χ4n) is 1.37. The van der Waals surface area contributed by atoms with Crippen molar-refractivity contribution in [3.05, 3.63) is 22.2 Å². The largest absolute Gasteiger partial charge is 0.368 e. The van der Waals surface area contributed by atoms with Crippen LogP contribution in [0.25, 0.3) is 0 Å². The molecule has 0 amide bonds. The maximum atomic E-state index is 11.0. The summed E-state index contributed by atoms with van der Waals surface area (Å²) in [5.74, 6) is 0. The minimum atomic E-state index is -0.738. The Hall–Kier alpha value is -1.07. The van der Waals surface area contributed by atoms with Gasteiger partial charge in [0, 0.05) is 12.8 Å². The summed E-state index contributed by atoms with van der Waals surface area (Å²) >= 11 is 0. The number of aliphatic hydroxyl groups excluding tert-OH is 1. The Labute approximate surface area is 88.2 Å². The van der Waals surface area contributed by atoms with E-state index in [1.807, 2.05) is 13.8 Å². The fourth-order valence-corrected chi connectivity index (χ4v) is 1.37. The van der Waals surface area contributed by atoms with Gasteiger partial charge in [0.15, 0.2) is 12.5 Å². The van der Waals surface area contributed by atoms with Gasteiger partial charge in [-0.05, 0) is 6.92 Å². The summed E-state index contributed by atoms with van der Waals surface area (Å²) in [4.78, 5) is 11.0. The fraction of sp³-hybridized carbons (Fsp3) is 0.700. The normalized spacial score (nSPS) is 24.8. The van der Waals surface area contributed by atoms with E-state index < -0.39 is 6.29 Å². The molecule has 0 unspecified atom stereocenters. The molecule has 15 heavy (non-hydrogen) atoms. The number of hydrogen-bond donors (Lipinski definition) is 1. The molecule has 86 valence electrons. The number of aromatic nitrogens is 1. The van der Waals surface area contributed by atoms with E-state index in [0.29, 0.717) is 18.4 Å². The molecule has 1 fully saturated rings. The third-order valence-electron chi connectivity index (χ3n) is 2.09. The van der Waals surface area contributed by atoms with Crippen molar-refractivity contribution in [2.45, 2.75) is 46.1 Å². The van der Waals surface area contributed by atoms with Gasteiger partial charge in [-0.3, -0.25) is 0 Å². The molecule has 2 heterocycles. The van der Waals surface area contributed by atoms with Gasteiger partial charge in [-0.15, -0.1) is 0 Å². The van der Waals surface area contributed by atoms with Gasteiger partial charge in [0.25, 0.3) is 0 Å². The van der Waals surface area contributed by atoms with E-state index in [1.165, 1.54) is 4.74 Å². The zero-order valence-corrected chi connectivity index (χ0v) is 9.27. The number of hydrogen-bond acceptors (Lipinski definition) is 4. The zero-order valence-electron chi connectivity index (χ0n) is 9.27. The van der Waals surface area contributed by atoms with Crippen LogP contribution in [0.15, 0.2) is 15.5 Å². The van der Waals surface area contributed by atoms with Crippen LogP contribution in [0.2, 0.25) is 0 Å². The summed E-state index contributed by atoms with van der Waals surface area (Å²) < 4.78 is 11.3. The summed E-state index contributed by atoms with van der Waals surface area (Å²) in [6.45, 7) is 5.67. The highest BCUT2D eigenvalue weighted by molar-refractivity contribution is 4.98. The van der Waals surface area contributed by atoms with Gasteiger partial charge in [-0.1, -0.05) is 13.8 Å². The molecule has 0 aliphatic carbocycles. The third-order valence-corrected chi connectivity index (χ3v) is 2.09. The Morgan fingerprint density at radius 1 is 1.47 bits per heavy atom. The molecule has 0 aromatic carbocycles. The van der Waals surface area contributed by atoms with Crippen molar-refractivity contribution in [3.8, 4) is 0 Å². The van der Waals surface area contributed by atoms with Gasteiger partial charge in [0.2, 0.25) is 0 Å². The smallest absolute Gasteiger partial charge is 0.360 e. The zero-order chi connectivity index (χ0) is 11.4. The molecule has 0 saturated carbocycles. The summed E-state index contributed by atoms with van der Waals surface area (Å²) in [6, 6.07) is 0. The Morgan fingerprint density at radius 3 is 2.53 bits per heavy atom. The van der Waals surface area contributed by atoms with E-state index in [0.717, 1.165) is 0 Å². The Bertz CT molecular complexity index is 355. The number of aliphatic hydroxyl groups is 1. The first-order valence-corrected chi connectivity index (χ1v) is 5.19. The van der Waals surface area contributed by atoms with E-state index in [4.69, 9.17) is 14.4 Å². The SMILES string of the molecule is CC.Cc1cn([C@H]2CC[C@@H](O)O2)oc1=O. The number of ether oxygens (including phenoxy) is 1. The van der Waals surface area contributed by atoms with E-state index in [1.54, 1.807) is 13.1 Å². The Balaban J connectivity index is 0.000000531. The molecule has 0 spiro atoms. The van der Waals surface area contributed by atoms with Crippen LogP contribution in [0.4, 0.5) is 0 Å².